The molecule has 3 nitrogen and oxygen atoms in total. The van der Waals surface area contributed by atoms with Crippen LogP contribution in [-0.4, -0.2) is 9.79 Å². The van der Waals surface area contributed by atoms with Crippen LogP contribution in [0.5, 0.6) is 0 Å². The second-order valence-electron chi connectivity index (χ2n) is 5.02. The average molecular weight is 489 g/mol. The van der Waals surface area contributed by atoms with Gasteiger partial charge in [0.1, 0.15) is 5.82 Å². The molecule has 0 aliphatic rings. The SMILES string of the molecule is O=P(O)(O)C(F)(F)c1ccc(CSCc2ccc(F)cc2)cc1Br.[H-].[H-].[Na+].[Na+]. The fraction of sp³-hybridized carbons (Fsp3) is 0.200. The van der Waals surface area contributed by atoms with Gasteiger partial charge in [0, 0.05) is 21.5 Å². The zero-order chi connectivity index (χ0) is 18.0. The quantitative estimate of drug-likeness (QED) is 0.424. The molecule has 2 N–H and O–H groups in total. The maximum absolute atomic E-state index is 13.7. The summed E-state index contributed by atoms with van der Waals surface area (Å²) < 4.78 is 51.1. The van der Waals surface area contributed by atoms with Gasteiger partial charge in [0.15, 0.2) is 0 Å². The first-order valence-corrected chi connectivity index (χ1v) is 10.2. The Morgan fingerprint density at radius 2 is 1.54 bits per heavy atom. The molecule has 0 amide bonds. The Balaban J connectivity index is -0.00000156. The van der Waals surface area contributed by atoms with E-state index in [4.69, 9.17) is 9.79 Å². The van der Waals surface area contributed by atoms with E-state index in [1.165, 1.54) is 36.0 Å². The summed E-state index contributed by atoms with van der Waals surface area (Å²) in [4.78, 5) is 17.6. The summed E-state index contributed by atoms with van der Waals surface area (Å²) >= 11 is 4.45. The van der Waals surface area contributed by atoms with Crippen molar-refractivity contribution in [2.45, 2.75) is 17.2 Å². The van der Waals surface area contributed by atoms with E-state index in [2.05, 4.69) is 15.9 Å². The van der Waals surface area contributed by atoms with E-state index in [0.717, 1.165) is 17.2 Å². The standard InChI is InChI=1S/C15H13BrF3O3PS.2Na.2H/c16-14-7-11(3-6-13(14)15(18,19)23(20,21)22)9-24-8-10-1-4-12(17)5-2-10;;;;/h1-7H,8-9H2,(H2,20,21,22);;;;/q;2*+1;2*-1. The van der Waals surface area contributed by atoms with Crippen LogP contribution in [0.3, 0.4) is 0 Å². The summed E-state index contributed by atoms with van der Waals surface area (Å²) in [5.41, 5.74) is -3.33. The summed E-state index contributed by atoms with van der Waals surface area (Å²) in [6, 6.07) is 9.90. The van der Waals surface area contributed by atoms with Crippen LogP contribution in [0.25, 0.3) is 0 Å². The van der Waals surface area contributed by atoms with Gasteiger partial charge in [0.2, 0.25) is 0 Å². The third-order valence-electron chi connectivity index (χ3n) is 3.17. The first kappa shape index (κ1) is 27.2. The van der Waals surface area contributed by atoms with Gasteiger partial charge >= 0.3 is 72.4 Å². The molecule has 0 saturated heterocycles. The molecule has 0 aliphatic heterocycles. The molecule has 2 aromatic carbocycles. The first-order chi connectivity index (χ1) is 11.1. The Kier molecular flexibility index (Phi) is 11.9. The van der Waals surface area contributed by atoms with E-state index >= 15 is 0 Å². The van der Waals surface area contributed by atoms with E-state index in [1.54, 1.807) is 12.1 Å². The Hall–Kier alpha value is 1.21. The molecule has 0 radical (unpaired) electrons. The Morgan fingerprint density at radius 3 is 2.04 bits per heavy atom. The van der Waals surface area contributed by atoms with Gasteiger partial charge in [0.25, 0.3) is 0 Å². The maximum atomic E-state index is 13.7. The van der Waals surface area contributed by atoms with Crippen LogP contribution in [0.2, 0.25) is 0 Å². The van der Waals surface area contributed by atoms with E-state index < -0.39 is 18.8 Å². The van der Waals surface area contributed by atoms with Gasteiger partial charge in [-0.1, -0.05) is 40.2 Å². The van der Waals surface area contributed by atoms with E-state index in [9.17, 15) is 17.7 Å². The topological polar surface area (TPSA) is 57.5 Å². The van der Waals surface area contributed by atoms with Crippen molar-refractivity contribution in [2.24, 2.45) is 0 Å². The molecule has 0 spiro atoms. The Morgan fingerprint density at radius 1 is 1.04 bits per heavy atom. The maximum Gasteiger partial charge on any atom is 1.00 e. The monoisotopic (exact) mass is 488 g/mol. The Labute approximate surface area is 209 Å². The average Bonchev–Trinajstić information content (AvgIpc) is 2.48. The molecule has 0 heterocycles. The summed E-state index contributed by atoms with van der Waals surface area (Å²) in [6.45, 7) is 0. The molecular weight excluding hydrogens is 474 g/mol. The molecule has 0 fully saturated rings. The van der Waals surface area contributed by atoms with Gasteiger partial charge in [-0.3, -0.25) is 4.57 Å². The number of rotatable bonds is 6. The van der Waals surface area contributed by atoms with Gasteiger partial charge in [0.05, 0.1) is 0 Å². The van der Waals surface area contributed by atoms with Gasteiger partial charge in [-0.2, -0.15) is 20.5 Å². The molecule has 0 atom stereocenters. The van der Waals surface area contributed by atoms with E-state index in [1.807, 2.05) is 0 Å². The van der Waals surface area contributed by atoms with E-state index in [-0.39, 0.29) is 72.3 Å². The zero-order valence-electron chi connectivity index (χ0n) is 16.1. The van der Waals surface area contributed by atoms with Crippen LogP contribution in [0, 0.1) is 5.82 Å². The molecule has 0 unspecified atom stereocenters. The van der Waals surface area contributed by atoms with Crippen molar-refractivity contribution in [1.29, 1.82) is 0 Å². The van der Waals surface area contributed by atoms with Crippen molar-refractivity contribution in [2.75, 3.05) is 0 Å². The minimum Gasteiger partial charge on any atom is -1.00 e. The van der Waals surface area contributed by atoms with Gasteiger partial charge in [-0.05, 0) is 29.3 Å². The summed E-state index contributed by atoms with van der Waals surface area (Å²) in [5, 5.41) is 0. The van der Waals surface area contributed by atoms with Crippen molar-refractivity contribution in [3.63, 3.8) is 0 Å². The molecule has 11 heteroatoms. The fourth-order valence-corrected chi connectivity index (χ4v) is 4.20. The summed E-state index contributed by atoms with van der Waals surface area (Å²) in [6.07, 6.45) is 0. The number of alkyl halides is 2. The van der Waals surface area contributed by atoms with Gasteiger partial charge in [-0.25, -0.2) is 4.39 Å². The second kappa shape index (κ2) is 11.4. The summed E-state index contributed by atoms with van der Waals surface area (Å²) in [5.74, 6) is 0.824. The molecule has 0 saturated carbocycles. The van der Waals surface area contributed by atoms with Crippen LogP contribution < -0.4 is 59.1 Å². The van der Waals surface area contributed by atoms with Crippen molar-refractivity contribution < 1.29 is 89.5 Å². The molecule has 26 heavy (non-hydrogen) atoms. The van der Waals surface area contributed by atoms with Crippen LogP contribution in [-0.2, 0) is 21.7 Å². The van der Waals surface area contributed by atoms with Crippen LogP contribution in [0.4, 0.5) is 13.2 Å². The molecule has 0 aliphatic carbocycles. The molecule has 0 bridgehead atoms. The molecule has 2 aromatic rings. The number of hydrogen-bond acceptors (Lipinski definition) is 2. The number of hydrogen-bond donors (Lipinski definition) is 2. The third-order valence-corrected chi connectivity index (χ3v) is 5.88. The van der Waals surface area contributed by atoms with Gasteiger partial charge < -0.3 is 12.6 Å². The predicted molar refractivity (Wildman–Crippen MR) is 93.7 cm³/mol. The van der Waals surface area contributed by atoms with E-state index in [0.29, 0.717) is 11.5 Å². The smallest absolute Gasteiger partial charge is 1.00 e. The normalized spacial score (nSPS) is 11.5. The van der Waals surface area contributed by atoms with Crippen LogP contribution >= 0.6 is 35.3 Å². The summed E-state index contributed by atoms with van der Waals surface area (Å²) in [7, 11) is -5.60. The fourth-order valence-electron chi connectivity index (χ4n) is 1.92. The predicted octanol–water partition coefficient (Wildman–Crippen LogP) is -0.518. The Bertz CT molecular complexity index is 786. The number of halogens is 4. The van der Waals surface area contributed by atoms with Crippen molar-refractivity contribution in [1.82, 2.24) is 0 Å². The first-order valence-electron chi connectivity index (χ1n) is 6.66. The molecular formula is C15H15BrF3Na2O3PS. The van der Waals surface area contributed by atoms with Crippen molar-refractivity contribution in [3.05, 3.63) is 69.4 Å². The van der Waals surface area contributed by atoms with Gasteiger partial charge in [-0.15, -0.1) is 0 Å². The van der Waals surface area contributed by atoms with Crippen LogP contribution in [0.15, 0.2) is 46.9 Å². The zero-order valence-corrected chi connectivity index (χ0v) is 21.4. The largest absolute Gasteiger partial charge is 1.00 e. The van der Waals surface area contributed by atoms with Crippen molar-refractivity contribution in [3.8, 4) is 0 Å². The van der Waals surface area contributed by atoms with Crippen molar-refractivity contribution >= 4 is 35.3 Å². The minimum absolute atomic E-state index is 0. The molecule has 2 rings (SSSR count). The minimum atomic E-state index is -5.60. The third kappa shape index (κ3) is 7.23. The number of benzene rings is 2. The van der Waals surface area contributed by atoms with Crippen LogP contribution in [0.1, 0.15) is 19.5 Å². The number of thioether (sulfide) groups is 1. The molecule has 134 valence electrons. The second-order valence-corrected chi connectivity index (χ2v) is 8.51. The molecule has 0 aromatic heterocycles.